The molecular formula is C16H18Cl2F3N3OS. The maximum Gasteiger partial charge on any atom is 0.416 e. The van der Waals surface area contributed by atoms with Crippen molar-refractivity contribution in [1.82, 2.24) is 15.6 Å². The Morgan fingerprint density at radius 2 is 2.12 bits per heavy atom. The van der Waals surface area contributed by atoms with Gasteiger partial charge in [-0.2, -0.15) is 13.2 Å². The van der Waals surface area contributed by atoms with Crippen molar-refractivity contribution in [3.8, 4) is 10.6 Å². The molecule has 0 radical (unpaired) electrons. The first kappa shape index (κ1) is 22.7. The first-order chi connectivity index (χ1) is 11.4. The first-order valence-electron chi connectivity index (χ1n) is 7.54. The lowest BCUT2D eigenvalue weighted by atomic mass is 10.1. The minimum Gasteiger partial charge on any atom is -0.352 e. The lowest BCUT2D eigenvalue weighted by Crippen LogP contribution is -2.37. The second-order valence-corrected chi connectivity index (χ2v) is 6.51. The van der Waals surface area contributed by atoms with Crippen molar-refractivity contribution in [2.75, 3.05) is 13.1 Å². The summed E-state index contributed by atoms with van der Waals surface area (Å²) >= 11 is 1.24. The molecule has 0 saturated carbocycles. The molecule has 1 fully saturated rings. The Balaban J connectivity index is 0.00000169. The molecule has 2 heterocycles. The Hall–Kier alpha value is -1.35. The molecule has 1 atom stereocenters. The van der Waals surface area contributed by atoms with E-state index in [-0.39, 0.29) is 43.2 Å². The number of halogens is 5. The molecule has 1 aliphatic rings. The quantitative estimate of drug-likeness (QED) is 0.781. The predicted octanol–water partition coefficient (Wildman–Crippen LogP) is 3.69. The van der Waals surface area contributed by atoms with Gasteiger partial charge in [0.25, 0.3) is 0 Å². The van der Waals surface area contributed by atoms with E-state index in [2.05, 4.69) is 15.6 Å². The fraction of sp³-hybridized carbons (Fsp3) is 0.375. The molecule has 4 nitrogen and oxygen atoms in total. The summed E-state index contributed by atoms with van der Waals surface area (Å²) in [7, 11) is 0. The number of hydrogen-bond donors (Lipinski definition) is 2. The summed E-state index contributed by atoms with van der Waals surface area (Å²) in [4.78, 5) is 16.3. The van der Waals surface area contributed by atoms with Crippen LogP contribution in [0.1, 0.15) is 17.7 Å². The van der Waals surface area contributed by atoms with Crippen LogP contribution in [0.3, 0.4) is 0 Å². The molecule has 2 N–H and O–H groups in total. The number of benzene rings is 1. The molecule has 2 aromatic rings. The van der Waals surface area contributed by atoms with Crippen LogP contribution in [0.4, 0.5) is 13.2 Å². The minimum atomic E-state index is -4.38. The van der Waals surface area contributed by atoms with Gasteiger partial charge >= 0.3 is 6.18 Å². The van der Waals surface area contributed by atoms with Crippen LogP contribution in [-0.4, -0.2) is 30.0 Å². The topological polar surface area (TPSA) is 54.0 Å². The molecule has 1 unspecified atom stereocenters. The number of rotatable bonds is 4. The molecular weight excluding hydrogens is 410 g/mol. The van der Waals surface area contributed by atoms with Gasteiger partial charge in [0.15, 0.2) is 0 Å². The average molecular weight is 428 g/mol. The van der Waals surface area contributed by atoms with Gasteiger partial charge in [0.2, 0.25) is 5.91 Å². The van der Waals surface area contributed by atoms with Crippen molar-refractivity contribution in [3.05, 3.63) is 40.9 Å². The second-order valence-electron chi connectivity index (χ2n) is 5.66. The number of carbonyl (C=O) groups is 1. The van der Waals surface area contributed by atoms with Crippen LogP contribution in [0.15, 0.2) is 29.6 Å². The van der Waals surface area contributed by atoms with E-state index in [9.17, 15) is 18.0 Å². The van der Waals surface area contributed by atoms with Gasteiger partial charge < -0.3 is 10.6 Å². The van der Waals surface area contributed by atoms with Gasteiger partial charge in [0.05, 0.1) is 17.7 Å². The monoisotopic (exact) mass is 427 g/mol. The summed E-state index contributed by atoms with van der Waals surface area (Å²) < 4.78 is 38.3. The molecule has 0 aliphatic carbocycles. The van der Waals surface area contributed by atoms with E-state index in [1.165, 1.54) is 17.4 Å². The average Bonchev–Trinajstić information content (AvgIpc) is 3.18. The number of nitrogens with one attached hydrogen (secondary N) is 2. The van der Waals surface area contributed by atoms with E-state index in [0.29, 0.717) is 16.3 Å². The van der Waals surface area contributed by atoms with E-state index in [0.717, 1.165) is 31.6 Å². The Bertz CT molecular complexity index is 734. The van der Waals surface area contributed by atoms with Crippen LogP contribution < -0.4 is 10.6 Å². The SMILES string of the molecule is Cl.Cl.O=C(Cc1csc(-c2cccc(C(F)(F)F)c2)n1)NC1CCNC1. The van der Waals surface area contributed by atoms with Crippen molar-refractivity contribution in [1.29, 1.82) is 0 Å². The van der Waals surface area contributed by atoms with Gasteiger partial charge in [-0.05, 0) is 25.1 Å². The number of amides is 1. The maximum absolute atomic E-state index is 12.8. The summed E-state index contributed by atoms with van der Waals surface area (Å²) in [5, 5.41) is 8.27. The van der Waals surface area contributed by atoms with Crippen molar-refractivity contribution in [2.45, 2.75) is 25.1 Å². The number of nitrogens with zero attached hydrogens (tertiary/aromatic N) is 1. The first-order valence-corrected chi connectivity index (χ1v) is 8.42. The van der Waals surface area contributed by atoms with E-state index >= 15 is 0 Å². The highest BCUT2D eigenvalue weighted by Gasteiger charge is 2.30. The highest BCUT2D eigenvalue weighted by atomic mass is 35.5. The van der Waals surface area contributed by atoms with Gasteiger partial charge in [-0.25, -0.2) is 4.98 Å². The lowest BCUT2D eigenvalue weighted by Gasteiger charge is -2.10. The van der Waals surface area contributed by atoms with Crippen molar-refractivity contribution in [3.63, 3.8) is 0 Å². The fourth-order valence-corrected chi connectivity index (χ4v) is 3.39. The molecule has 1 saturated heterocycles. The van der Waals surface area contributed by atoms with E-state index < -0.39 is 11.7 Å². The van der Waals surface area contributed by atoms with Crippen LogP contribution in [-0.2, 0) is 17.4 Å². The molecule has 0 bridgehead atoms. The second kappa shape index (κ2) is 9.55. The van der Waals surface area contributed by atoms with Gasteiger partial charge in [0.1, 0.15) is 5.01 Å². The molecule has 1 aromatic heterocycles. The van der Waals surface area contributed by atoms with Crippen LogP contribution in [0.2, 0.25) is 0 Å². The maximum atomic E-state index is 12.8. The molecule has 1 amide bonds. The van der Waals surface area contributed by atoms with Crippen LogP contribution in [0.5, 0.6) is 0 Å². The molecule has 10 heteroatoms. The van der Waals surface area contributed by atoms with Crippen LogP contribution >= 0.6 is 36.2 Å². The van der Waals surface area contributed by atoms with Gasteiger partial charge in [-0.15, -0.1) is 36.2 Å². The normalized spacial score (nSPS) is 16.5. The number of thiazole rings is 1. The fourth-order valence-electron chi connectivity index (χ4n) is 2.57. The van der Waals surface area contributed by atoms with Crippen LogP contribution in [0.25, 0.3) is 10.6 Å². The molecule has 26 heavy (non-hydrogen) atoms. The summed E-state index contributed by atoms with van der Waals surface area (Å²) in [5.74, 6) is -0.121. The number of carbonyl (C=O) groups excluding carboxylic acids is 1. The smallest absolute Gasteiger partial charge is 0.352 e. The zero-order chi connectivity index (χ0) is 17.2. The van der Waals surface area contributed by atoms with E-state index in [1.54, 1.807) is 11.4 Å². The molecule has 3 rings (SSSR count). The van der Waals surface area contributed by atoms with E-state index in [4.69, 9.17) is 0 Å². The predicted molar refractivity (Wildman–Crippen MR) is 100 cm³/mol. The van der Waals surface area contributed by atoms with Crippen molar-refractivity contribution < 1.29 is 18.0 Å². The largest absolute Gasteiger partial charge is 0.416 e. The Kier molecular flexibility index (Phi) is 8.33. The van der Waals surface area contributed by atoms with E-state index in [1.807, 2.05) is 0 Å². The third-order valence-electron chi connectivity index (χ3n) is 3.76. The summed E-state index contributed by atoms with van der Waals surface area (Å²) in [6, 6.07) is 5.19. The van der Waals surface area contributed by atoms with Gasteiger partial charge in [0, 0.05) is 23.5 Å². The van der Waals surface area contributed by atoms with Crippen molar-refractivity contribution in [2.24, 2.45) is 0 Å². The molecule has 144 valence electrons. The standard InChI is InChI=1S/C16H16F3N3OS.2ClH/c17-16(18,19)11-3-1-2-10(6-11)15-22-13(9-24-15)7-14(23)21-12-4-5-20-8-12;;/h1-3,6,9,12,20H,4-5,7-8H2,(H,21,23);2*1H. The summed E-state index contributed by atoms with van der Waals surface area (Å²) in [6.07, 6.45) is -3.35. The van der Waals surface area contributed by atoms with Crippen molar-refractivity contribution >= 4 is 42.1 Å². The minimum absolute atomic E-state index is 0. The highest BCUT2D eigenvalue weighted by molar-refractivity contribution is 7.13. The Morgan fingerprint density at radius 1 is 1.35 bits per heavy atom. The third kappa shape index (κ3) is 5.84. The van der Waals surface area contributed by atoms with Crippen LogP contribution in [0, 0.1) is 0 Å². The third-order valence-corrected chi connectivity index (χ3v) is 4.70. The number of hydrogen-bond acceptors (Lipinski definition) is 4. The van der Waals surface area contributed by atoms with Gasteiger partial charge in [-0.1, -0.05) is 12.1 Å². The zero-order valence-electron chi connectivity index (χ0n) is 13.5. The number of aromatic nitrogens is 1. The Labute approximate surface area is 165 Å². The molecule has 1 aromatic carbocycles. The van der Waals surface area contributed by atoms with Gasteiger partial charge in [-0.3, -0.25) is 4.79 Å². The summed E-state index contributed by atoms with van der Waals surface area (Å²) in [5.41, 5.74) is 0.264. The highest BCUT2D eigenvalue weighted by Crippen LogP contribution is 2.33. The lowest BCUT2D eigenvalue weighted by molar-refractivity contribution is -0.137. The summed E-state index contributed by atoms with van der Waals surface area (Å²) in [6.45, 7) is 1.65. The Morgan fingerprint density at radius 3 is 2.77 bits per heavy atom. The zero-order valence-corrected chi connectivity index (χ0v) is 16.0. The molecule has 1 aliphatic heterocycles. The molecule has 0 spiro atoms. The number of alkyl halides is 3.